The zero-order chi connectivity index (χ0) is 9.97. The fraction of sp³-hybridized carbons (Fsp3) is 0.333. The number of anilines is 1. The van der Waals surface area contributed by atoms with E-state index in [2.05, 4.69) is 10.2 Å². The molecule has 0 saturated carbocycles. The van der Waals surface area contributed by atoms with Gasteiger partial charge < -0.3 is 4.90 Å². The number of hydrogen-bond acceptors (Lipinski definition) is 4. The smallest absolute Gasteiger partial charge is 0.269 e. The summed E-state index contributed by atoms with van der Waals surface area (Å²) in [6, 6.07) is 6.64. The zero-order valence-corrected chi connectivity index (χ0v) is 7.64. The van der Waals surface area contributed by atoms with Crippen LogP contribution in [0.1, 0.15) is 0 Å². The monoisotopic (exact) mass is 193 g/mol. The van der Waals surface area contributed by atoms with Gasteiger partial charge in [-0.15, -0.1) is 0 Å². The van der Waals surface area contributed by atoms with E-state index in [9.17, 15) is 10.1 Å². The van der Waals surface area contributed by atoms with Crippen molar-refractivity contribution in [3.05, 3.63) is 34.4 Å². The molecule has 1 heterocycles. The lowest BCUT2D eigenvalue weighted by Crippen LogP contribution is -2.20. The Morgan fingerprint density at radius 2 is 2.07 bits per heavy atom. The highest BCUT2D eigenvalue weighted by Crippen LogP contribution is 2.19. The molecule has 0 spiro atoms. The van der Waals surface area contributed by atoms with Crippen molar-refractivity contribution >= 4 is 11.4 Å². The van der Waals surface area contributed by atoms with Crippen LogP contribution in [0.3, 0.4) is 0 Å². The van der Waals surface area contributed by atoms with Crippen LogP contribution in [-0.2, 0) is 0 Å². The highest BCUT2D eigenvalue weighted by Gasteiger charge is 2.12. The average molecular weight is 193 g/mol. The lowest BCUT2D eigenvalue weighted by molar-refractivity contribution is -0.384. The van der Waals surface area contributed by atoms with Crippen LogP contribution in [-0.4, -0.2) is 24.7 Å². The lowest BCUT2D eigenvalue weighted by atomic mass is 10.2. The first kappa shape index (κ1) is 8.96. The summed E-state index contributed by atoms with van der Waals surface area (Å²) >= 11 is 0. The van der Waals surface area contributed by atoms with Crippen molar-refractivity contribution in [2.45, 2.75) is 0 Å². The van der Waals surface area contributed by atoms with Crippen LogP contribution in [0.15, 0.2) is 24.3 Å². The van der Waals surface area contributed by atoms with Crippen molar-refractivity contribution in [1.29, 1.82) is 0 Å². The summed E-state index contributed by atoms with van der Waals surface area (Å²) in [6.07, 6.45) is 0. The van der Waals surface area contributed by atoms with Crippen LogP contribution in [0.2, 0.25) is 0 Å². The second kappa shape index (κ2) is 3.63. The van der Waals surface area contributed by atoms with Gasteiger partial charge >= 0.3 is 0 Å². The Kier molecular flexibility index (Phi) is 2.32. The molecule has 1 aliphatic rings. The molecule has 0 radical (unpaired) electrons. The molecule has 1 aromatic carbocycles. The van der Waals surface area contributed by atoms with Crippen LogP contribution in [0, 0.1) is 10.1 Å². The van der Waals surface area contributed by atoms with Crippen molar-refractivity contribution in [2.75, 3.05) is 24.7 Å². The summed E-state index contributed by atoms with van der Waals surface area (Å²) in [5.41, 5.74) is 1.17. The zero-order valence-electron chi connectivity index (χ0n) is 7.64. The predicted octanol–water partition coefficient (Wildman–Crippen LogP) is 0.962. The molecule has 5 nitrogen and oxygen atoms in total. The van der Waals surface area contributed by atoms with Gasteiger partial charge in [0.25, 0.3) is 5.69 Å². The molecule has 0 bridgehead atoms. The second-order valence-electron chi connectivity index (χ2n) is 3.20. The van der Waals surface area contributed by atoms with Crippen LogP contribution in [0.4, 0.5) is 11.4 Å². The number of nitro groups is 1. The highest BCUT2D eigenvalue weighted by molar-refractivity contribution is 5.51. The number of hydrogen-bond donors (Lipinski definition) is 1. The third-order valence-corrected chi connectivity index (χ3v) is 2.29. The number of nitrogens with one attached hydrogen (secondary N) is 1. The van der Waals surface area contributed by atoms with Gasteiger partial charge in [-0.1, -0.05) is 0 Å². The molecule has 0 aliphatic carbocycles. The van der Waals surface area contributed by atoms with E-state index in [0.29, 0.717) is 0 Å². The molecular formula is C9H11N3O2. The van der Waals surface area contributed by atoms with Gasteiger partial charge in [0.05, 0.1) is 11.6 Å². The Morgan fingerprint density at radius 1 is 1.36 bits per heavy atom. The Bertz CT molecular complexity index is 330. The van der Waals surface area contributed by atoms with Gasteiger partial charge in [-0.2, -0.15) is 0 Å². The Hall–Kier alpha value is -1.62. The summed E-state index contributed by atoms with van der Waals surface area (Å²) in [7, 11) is 0. The van der Waals surface area contributed by atoms with Crippen molar-refractivity contribution < 1.29 is 4.92 Å². The highest BCUT2D eigenvalue weighted by atomic mass is 16.6. The van der Waals surface area contributed by atoms with Crippen LogP contribution < -0.4 is 10.2 Å². The minimum atomic E-state index is -0.383. The topological polar surface area (TPSA) is 58.4 Å². The molecule has 0 unspecified atom stereocenters. The van der Waals surface area contributed by atoms with Gasteiger partial charge in [0.15, 0.2) is 0 Å². The van der Waals surface area contributed by atoms with E-state index in [1.807, 2.05) is 0 Å². The first-order valence-corrected chi connectivity index (χ1v) is 4.47. The van der Waals surface area contributed by atoms with Crippen LogP contribution >= 0.6 is 0 Å². The first-order valence-electron chi connectivity index (χ1n) is 4.47. The van der Waals surface area contributed by atoms with Crippen LogP contribution in [0.25, 0.3) is 0 Å². The SMILES string of the molecule is O=[N+]([O-])c1ccc(N2CCNC2)cc1. The van der Waals surface area contributed by atoms with Crippen molar-refractivity contribution in [3.63, 3.8) is 0 Å². The van der Waals surface area contributed by atoms with E-state index in [4.69, 9.17) is 0 Å². The molecule has 2 rings (SSSR count). The second-order valence-corrected chi connectivity index (χ2v) is 3.20. The normalized spacial score (nSPS) is 15.9. The van der Waals surface area contributed by atoms with Gasteiger partial charge in [0.2, 0.25) is 0 Å². The molecule has 74 valence electrons. The van der Waals surface area contributed by atoms with Gasteiger partial charge in [-0.05, 0) is 12.1 Å². The molecule has 14 heavy (non-hydrogen) atoms. The van der Waals surface area contributed by atoms with Crippen molar-refractivity contribution in [2.24, 2.45) is 0 Å². The predicted molar refractivity (Wildman–Crippen MR) is 53.3 cm³/mol. The summed E-state index contributed by atoms with van der Waals surface area (Å²) in [6.45, 7) is 2.74. The van der Waals surface area contributed by atoms with E-state index >= 15 is 0 Å². The van der Waals surface area contributed by atoms with E-state index < -0.39 is 0 Å². The molecule has 5 heteroatoms. The minimum Gasteiger partial charge on any atom is -0.357 e. The largest absolute Gasteiger partial charge is 0.357 e. The minimum absolute atomic E-state index is 0.140. The first-order chi connectivity index (χ1) is 6.77. The Labute approximate surface area is 81.5 Å². The van der Waals surface area contributed by atoms with Gasteiger partial charge in [0.1, 0.15) is 0 Å². The molecule has 0 aromatic heterocycles. The number of nitro benzene ring substituents is 1. The maximum atomic E-state index is 10.4. The van der Waals surface area contributed by atoms with Crippen molar-refractivity contribution in [3.8, 4) is 0 Å². The summed E-state index contributed by atoms with van der Waals surface area (Å²) in [4.78, 5) is 12.2. The lowest BCUT2D eigenvalue weighted by Gasteiger charge is -2.15. The molecule has 1 aliphatic heterocycles. The summed E-state index contributed by atoms with van der Waals surface area (Å²) in [5, 5.41) is 13.6. The quantitative estimate of drug-likeness (QED) is 0.561. The number of nitrogens with zero attached hydrogens (tertiary/aromatic N) is 2. The summed E-state index contributed by atoms with van der Waals surface area (Å²) in [5.74, 6) is 0. The standard InChI is InChI=1S/C9H11N3O2/c13-12(14)9-3-1-8(2-4-9)11-6-5-10-7-11/h1-4,10H,5-7H2. The number of non-ortho nitro benzene ring substituents is 1. The van der Waals surface area contributed by atoms with E-state index in [1.54, 1.807) is 12.1 Å². The fourth-order valence-corrected chi connectivity index (χ4v) is 1.51. The van der Waals surface area contributed by atoms with E-state index in [1.165, 1.54) is 12.1 Å². The number of rotatable bonds is 2. The Balaban J connectivity index is 2.16. The maximum Gasteiger partial charge on any atom is 0.269 e. The van der Waals surface area contributed by atoms with E-state index in [0.717, 1.165) is 25.4 Å². The van der Waals surface area contributed by atoms with Crippen LogP contribution in [0.5, 0.6) is 0 Å². The third-order valence-electron chi connectivity index (χ3n) is 2.29. The molecule has 1 aromatic rings. The third kappa shape index (κ3) is 1.67. The molecular weight excluding hydrogens is 182 g/mol. The molecule has 0 amide bonds. The number of benzene rings is 1. The van der Waals surface area contributed by atoms with Crippen molar-refractivity contribution in [1.82, 2.24) is 5.32 Å². The van der Waals surface area contributed by atoms with Gasteiger partial charge in [-0.3, -0.25) is 15.4 Å². The maximum absolute atomic E-state index is 10.4. The van der Waals surface area contributed by atoms with Gasteiger partial charge in [-0.25, -0.2) is 0 Å². The van der Waals surface area contributed by atoms with E-state index in [-0.39, 0.29) is 10.6 Å². The fourth-order valence-electron chi connectivity index (χ4n) is 1.51. The molecule has 1 saturated heterocycles. The molecule has 0 atom stereocenters. The molecule has 1 fully saturated rings. The molecule has 1 N–H and O–H groups in total. The Morgan fingerprint density at radius 3 is 2.57 bits per heavy atom. The summed E-state index contributed by atoms with van der Waals surface area (Å²) < 4.78 is 0. The average Bonchev–Trinajstić information content (AvgIpc) is 2.71. The van der Waals surface area contributed by atoms with Gasteiger partial charge in [0, 0.05) is 30.9 Å².